The van der Waals surface area contributed by atoms with E-state index in [4.69, 9.17) is 11.6 Å². The molecule has 0 aliphatic heterocycles. The number of hydrogen-bond acceptors (Lipinski definition) is 2. The minimum atomic E-state index is -0.438. The Morgan fingerprint density at radius 3 is 3.00 bits per heavy atom. The standard InChI is InChI=1S/C7H5BrClN3O/c1-12-7(9)5(4-10-12)11-6(13)2-3-8/h4H,1H3,(H,11,13). The van der Waals surface area contributed by atoms with Gasteiger partial charge in [-0.15, -0.1) is 0 Å². The molecule has 0 spiro atoms. The van der Waals surface area contributed by atoms with E-state index in [2.05, 4.69) is 37.1 Å². The SMILES string of the molecule is Cn1ncc(NC(=O)C#CBr)c1Cl. The van der Waals surface area contributed by atoms with Crippen LogP contribution in [-0.4, -0.2) is 15.7 Å². The zero-order valence-corrected chi connectivity index (χ0v) is 8.98. The maximum absolute atomic E-state index is 11.0. The summed E-state index contributed by atoms with van der Waals surface area (Å²) in [6.45, 7) is 0. The predicted octanol–water partition coefficient (Wildman–Crippen LogP) is 1.37. The number of hydrogen-bond donors (Lipinski definition) is 1. The van der Waals surface area contributed by atoms with E-state index >= 15 is 0 Å². The summed E-state index contributed by atoms with van der Waals surface area (Å²) in [5.41, 5.74) is 0.449. The molecule has 68 valence electrons. The van der Waals surface area contributed by atoms with Crippen molar-refractivity contribution in [2.24, 2.45) is 7.05 Å². The molecule has 0 radical (unpaired) electrons. The molecule has 0 bridgehead atoms. The molecule has 1 rings (SSSR count). The van der Waals surface area contributed by atoms with E-state index in [0.29, 0.717) is 10.8 Å². The van der Waals surface area contributed by atoms with E-state index < -0.39 is 5.91 Å². The smallest absolute Gasteiger partial charge is 0.301 e. The van der Waals surface area contributed by atoms with E-state index in [9.17, 15) is 4.79 Å². The Labute approximate surface area is 88.4 Å². The van der Waals surface area contributed by atoms with Gasteiger partial charge >= 0.3 is 5.91 Å². The van der Waals surface area contributed by atoms with Crippen molar-refractivity contribution in [2.75, 3.05) is 5.32 Å². The monoisotopic (exact) mass is 261 g/mol. The second-order valence-corrected chi connectivity index (χ2v) is 2.90. The molecule has 0 unspecified atom stereocenters. The number of amides is 1. The fourth-order valence-corrected chi connectivity index (χ4v) is 1.02. The zero-order chi connectivity index (χ0) is 9.84. The summed E-state index contributed by atoms with van der Waals surface area (Å²) in [4.78, 5) is 13.3. The van der Waals surface area contributed by atoms with E-state index in [-0.39, 0.29) is 0 Å². The Balaban J connectivity index is 2.79. The average molecular weight is 262 g/mol. The van der Waals surface area contributed by atoms with Crippen molar-refractivity contribution in [2.45, 2.75) is 0 Å². The molecule has 4 nitrogen and oxygen atoms in total. The Bertz CT molecular complexity index is 390. The van der Waals surface area contributed by atoms with Crippen molar-refractivity contribution in [3.05, 3.63) is 11.3 Å². The topological polar surface area (TPSA) is 46.9 Å². The number of aromatic nitrogens is 2. The highest BCUT2D eigenvalue weighted by Gasteiger charge is 2.07. The lowest BCUT2D eigenvalue weighted by atomic mass is 10.5. The Morgan fingerprint density at radius 1 is 1.85 bits per heavy atom. The van der Waals surface area contributed by atoms with Gasteiger partial charge in [0, 0.05) is 28.9 Å². The molecular formula is C7H5BrClN3O. The van der Waals surface area contributed by atoms with Gasteiger partial charge in [0.2, 0.25) is 0 Å². The highest BCUT2D eigenvalue weighted by atomic mass is 79.9. The number of rotatable bonds is 1. The van der Waals surface area contributed by atoms with Gasteiger partial charge in [-0.3, -0.25) is 9.48 Å². The fraction of sp³-hybridized carbons (Fsp3) is 0.143. The van der Waals surface area contributed by atoms with Gasteiger partial charge in [0.15, 0.2) is 0 Å². The summed E-state index contributed by atoms with van der Waals surface area (Å²) in [6, 6.07) is 0. The molecular weight excluding hydrogens is 257 g/mol. The van der Waals surface area contributed by atoms with Crippen LogP contribution in [0.4, 0.5) is 5.69 Å². The van der Waals surface area contributed by atoms with Gasteiger partial charge in [-0.1, -0.05) is 11.6 Å². The van der Waals surface area contributed by atoms with Gasteiger partial charge in [0.05, 0.1) is 11.9 Å². The predicted molar refractivity (Wildman–Crippen MR) is 53.6 cm³/mol. The molecule has 1 amide bonds. The van der Waals surface area contributed by atoms with Crippen LogP contribution >= 0.6 is 27.5 Å². The van der Waals surface area contributed by atoms with Gasteiger partial charge in [-0.05, 0) is 4.83 Å². The van der Waals surface area contributed by atoms with Crippen molar-refractivity contribution >= 4 is 39.1 Å². The number of aryl methyl sites for hydroxylation is 1. The lowest BCUT2D eigenvalue weighted by Gasteiger charge is -1.96. The van der Waals surface area contributed by atoms with Crippen molar-refractivity contribution < 1.29 is 4.79 Å². The third-order valence-electron chi connectivity index (χ3n) is 1.28. The highest BCUT2D eigenvalue weighted by Crippen LogP contribution is 2.19. The first-order chi connectivity index (χ1) is 6.15. The number of halogens is 2. The summed E-state index contributed by atoms with van der Waals surface area (Å²) in [7, 11) is 1.67. The van der Waals surface area contributed by atoms with Gasteiger partial charge in [0.25, 0.3) is 0 Å². The summed E-state index contributed by atoms with van der Waals surface area (Å²) >= 11 is 8.59. The van der Waals surface area contributed by atoms with Crippen LogP contribution in [-0.2, 0) is 11.8 Å². The van der Waals surface area contributed by atoms with Crippen LogP contribution in [0.2, 0.25) is 5.15 Å². The molecule has 0 fully saturated rings. The molecule has 6 heteroatoms. The Hall–Kier alpha value is -0.990. The normalized spacial score (nSPS) is 8.85. The third kappa shape index (κ3) is 2.47. The third-order valence-corrected chi connectivity index (χ3v) is 1.92. The number of nitrogens with one attached hydrogen (secondary N) is 1. The quantitative estimate of drug-likeness (QED) is 0.777. The minimum Gasteiger partial charge on any atom is -0.311 e. The second-order valence-electron chi connectivity index (χ2n) is 2.15. The maximum atomic E-state index is 11.0. The first-order valence-electron chi connectivity index (χ1n) is 3.25. The molecule has 0 aromatic carbocycles. The van der Waals surface area contributed by atoms with Gasteiger partial charge in [-0.2, -0.15) is 5.10 Å². The van der Waals surface area contributed by atoms with Gasteiger partial charge < -0.3 is 5.32 Å². The fourth-order valence-electron chi connectivity index (χ4n) is 0.703. The highest BCUT2D eigenvalue weighted by molar-refractivity contribution is 9.12. The molecule has 1 aromatic heterocycles. The Morgan fingerprint density at radius 2 is 2.54 bits per heavy atom. The van der Waals surface area contributed by atoms with Crippen molar-refractivity contribution in [3.8, 4) is 10.8 Å². The van der Waals surface area contributed by atoms with Crippen molar-refractivity contribution in [3.63, 3.8) is 0 Å². The molecule has 0 atom stereocenters. The summed E-state index contributed by atoms with van der Waals surface area (Å²) in [5, 5.41) is 6.68. The molecule has 0 saturated carbocycles. The molecule has 1 N–H and O–H groups in total. The summed E-state index contributed by atoms with van der Waals surface area (Å²) in [5.74, 6) is 1.81. The first-order valence-corrected chi connectivity index (χ1v) is 4.42. The summed E-state index contributed by atoms with van der Waals surface area (Å²) in [6.07, 6.45) is 1.45. The maximum Gasteiger partial charge on any atom is 0.301 e. The van der Waals surface area contributed by atoms with E-state index in [0.717, 1.165) is 0 Å². The van der Waals surface area contributed by atoms with Gasteiger partial charge in [-0.25, -0.2) is 0 Å². The number of carbonyl (C=O) groups is 1. The molecule has 1 aromatic rings. The van der Waals surface area contributed by atoms with E-state index in [1.54, 1.807) is 7.05 Å². The van der Waals surface area contributed by atoms with Crippen LogP contribution in [0.5, 0.6) is 0 Å². The second kappa shape index (κ2) is 4.30. The van der Waals surface area contributed by atoms with Crippen LogP contribution in [0.3, 0.4) is 0 Å². The molecule has 1 heterocycles. The number of carbonyl (C=O) groups excluding carboxylic acids is 1. The van der Waals surface area contributed by atoms with Gasteiger partial charge in [0.1, 0.15) is 5.15 Å². The molecule has 13 heavy (non-hydrogen) atoms. The number of nitrogens with zero attached hydrogens (tertiary/aromatic N) is 2. The van der Waals surface area contributed by atoms with E-state index in [1.165, 1.54) is 10.9 Å². The van der Waals surface area contributed by atoms with Crippen LogP contribution in [0, 0.1) is 10.8 Å². The van der Waals surface area contributed by atoms with Crippen LogP contribution in [0.15, 0.2) is 6.20 Å². The Kier molecular flexibility index (Phi) is 3.34. The lowest BCUT2D eigenvalue weighted by molar-refractivity contribution is -0.111. The van der Waals surface area contributed by atoms with Crippen LogP contribution in [0.25, 0.3) is 0 Å². The molecule has 0 aliphatic carbocycles. The lowest BCUT2D eigenvalue weighted by Crippen LogP contribution is -2.08. The number of anilines is 1. The minimum absolute atomic E-state index is 0.365. The molecule has 0 aliphatic rings. The van der Waals surface area contributed by atoms with E-state index in [1.807, 2.05) is 0 Å². The zero-order valence-electron chi connectivity index (χ0n) is 6.64. The van der Waals surface area contributed by atoms with Crippen LogP contribution in [0.1, 0.15) is 0 Å². The first kappa shape index (κ1) is 10.1. The van der Waals surface area contributed by atoms with Crippen molar-refractivity contribution in [1.29, 1.82) is 0 Å². The largest absolute Gasteiger partial charge is 0.311 e. The van der Waals surface area contributed by atoms with Crippen molar-refractivity contribution in [1.82, 2.24) is 9.78 Å². The average Bonchev–Trinajstić information content (AvgIpc) is 2.37. The summed E-state index contributed by atoms with van der Waals surface area (Å²) < 4.78 is 1.44. The van der Waals surface area contributed by atoms with Crippen LogP contribution < -0.4 is 5.32 Å². The molecule has 0 saturated heterocycles.